The van der Waals surface area contributed by atoms with E-state index in [4.69, 9.17) is 4.74 Å². The van der Waals surface area contributed by atoms with Crippen molar-refractivity contribution in [1.29, 1.82) is 0 Å². The van der Waals surface area contributed by atoms with Gasteiger partial charge in [0.15, 0.2) is 0 Å². The van der Waals surface area contributed by atoms with E-state index in [0.717, 1.165) is 49.4 Å². The first-order chi connectivity index (χ1) is 16.4. The Hall–Kier alpha value is -3.00. The third kappa shape index (κ3) is 5.73. The number of piperazine rings is 1. The number of methoxy groups -OCH3 is 1. The van der Waals surface area contributed by atoms with Crippen molar-refractivity contribution in [2.75, 3.05) is 45.2 Å². The predicted molar refractivity (Wildman–Crippen MR) is 137 cm³/mol. The van der Waals surface area contributed by atoms with Gasteiger partial charge in [-0.15, -0.1) is 11.3 Å². The number of carbonyl (C=O) groups is 2. The number of anilines is 1. The molecule has 34 heavy (non-hydrogen) atoms. The van der Waals surface area contributed by atoms with Crippen LogP contribution in [0.5, 0.6) is 0 Å². The van der Waals surface area contributed by atoms with E-state index in [9.17, 15) is 9.59 Å². The Bertz CT molecular complexity index is 1150. The first-order valence-electron chi connectivity index (χ1n) is 11.5. The lowest BCUT2D eigenvalue weighted by Gasteiger charge is -2.34. The maximum absolute atomic E-state index is 12.8. The zero-order chi connectivity index (χ0) is 24.1. The molecule has 0 saturated carbocycles. The molecule has 4 rings (SSSR count). The number of ether oxygens (including phenoxy) is 1. The van der Waals surface area contributed by atoms with E-state index in [0.29, 0.717) is 17.1 Å². The Morgan fingerprint density at radius 3 is 2.32 bits per heavy atom. The SMILES string of the molecule is COC(=O)c1c(-c2ccc(C)cc2)csc1NC(=O)CN1CCN(Cc2ccccc2C)CC1. The van der Waals surface area contributed by atoms with Crippen molar-refractivity contribution >= 4 is 28.2 Å². The molecule has 0 aliphatic carbocycles. The van der Waals surface area contributed by atoms with Gasteiger partial charge in [-0.3, -0.25) is 14.6 Å². The first kappa shape index (κ1) is 24.1. The molecule has 7 heteroatoms. The molecule has 1 fully saturated rings. The van der Waals surface area contributed by atoms with Crippen LogP contribution in [0.1, 0.15) is 27.0 Å². The van der Waals surface area contributed by atoms with Crippen LogP contribution in [0.3, 0.4) is 0 Å². The molecule has 1 amide bonds. The second kappa shape index (κ2) is 11.0. The average molecular weight is 478 g/mol. The Morgan fingerprint density at radius 1 is 0.971 bits per heavy atom. The Labute approximate surface area is 205 Å². The van der Waals surface area contributed by atoms with Crippen LogP contribution in [0.2, 0.25) is 0 Å². The quantitative estimate of drug-likeness (QED) is 0.505. The molecule has 1 N–H and O–H groups in total. The van der Waals surface area contributed by atoms with Crippen LogP contribution in [0.25, 0.3) is 11.1 Å². The zero-order valence-electron chi connectivity index (χ0n) is 20.0. The fraction of sp³-hybridized carbons (Fsp3) is 0.333. The lowest BCUT2D eigenvalue weighted by molar-refractivity contribution is -0.117. The Balaban J connectivity index is 1.36. The van der Waals surface area contributed by atoms with Crippen molar-refractivity contribution in [3.05, 3.63) is 76.2 Å². The van der Waals surface area contributed by atoms with Crippen LogP contribution in [-0.2, 0) is 16.1 Å². The molecule has 2 heterocycles. The monoisotopic (exact) mass is 477 g/mol. The topological polar surface area (TPSA) is 61.9 Å². The van der Waals surface area contributed by atoms with E-state index in [1.807, 2.05) is 36.6 Å². The number of aryl methyl sites for hydroxylation is 2. The van der Waals surface area contributed by atoms with Gasteiger partial charge in [0.05, 0.1) is 13.7 Å². The number of benzene rings is 2. The highest BCUT2D eigenvalue weighted by molar-refractivity contribution is 7.15. The van der Waals surface area contributed by atoms with E-state index in [2.05, 4.69) is 46.3 Å². The van der Waals surface area contributed by atoms with Gasteiger partial charge in [0.2, 0.25) is 5.91 Å². The molecule has 3 aromatic rings. The highest BCUT2D eigenvalue weighted by Gasteiger charge is 2.24. The van der Waals surface area contributed by atoms with E-state index in [1.165, 1.54) is 29.6 Å². The second-order valence-corrected chi connectivity index (χ2v) is 9.62. The van der Waals surface area contributed by atoms with Crippen molar-refractivity contribution in [3.63, 3.8) is 0 Å². The van der Waals surface area contributed by atoms with Crippen molar-refractivity contribution < 1.29 is 14.3 Å². The molecule has 0 bridgehead atoms. The number of esters is 1. The third-order valence-electron chi connectivity index (χ3n) is 6.28. The van der Waals surface area contributed by atoms with Crippen molar-refractivity contribution in [1.82, 2.24) is 9.80 Å². The maximum atomic E-state index is 12.8. The highest BCUT2D eigenvalue weighted by atomic mass is 32.1. The van der Waals surface area contributed by atoms with E-state index in [1.54, 1.807) is 0 Å². The summed E-state index contributed by atoms with van der Waals surface area (Å²) >= 11 is 1.35. The molecule has 0 atom stereocenters. The molecule has 1 aromatic heterocycles. The third-order valence-corrected chi connectivity index (χ3v) is 7.18. The van der Waals surface area contributed by atoms with Crippen LogP contribution in [0.15, 0.2) is 53.9 Å². The lowest BCUT2D eigenvalue weighted by Crippen LogP contribution is -2.48. The minimum atomic E-state index is -0.447. The molecule has 1 aliphatic rings. The first-order valence-corrected chi connectivity index (χ1v) is 12.4. The molecule has 2 aromatic carbocycles. The van der Waals surface area contributed by atoms with E-state index in [-0.39, 0.29) is 5.91 Å². The molecular formula is C27H31N3O3S. The minimum absolute atomic E-state index is 0.116. The summed E-state index contributed by atoms with van der Waals surface area (Å²) in [7, 11) is 1.36. The van der Waals surface area contributed by atoms with Crippen LogP contribution in [0.4, 0.5) is 5.00 Å². The Kier molecular flexibility index (Phi) is 7.77. The van der Waals surface area contributed by atoms with Gasteiger partial charge >= 0.3 is 5.97 Å². The molecule has 1 aliphatic heterocycles. The molecule has 178 valence electrons. The van der Waals surface area contributed by atoms with Gasteiger partial charge < -0.3 is 10.1 Å². The maximum Gasteiger partial charge on any atom is 0.341 e. The van der Waals surface area contributed by atoms with Gasteiger partial charge in [-0.2, -0.15) is 0 Å². The number of carbonyl (C=O) groups excluding carboxylic acids is 2. The van der Waals surface area contributed by atoms with E-state index < -0.39 is 5.97 Å². The summed E-state index contributed by atoms with van der Waals surface area (Å²) < 4.78 is 5.02. The number of amides is 1. The van der Waals surface area contributed by atoms with Crippen LogP contribution < -0.4 is 5.32 Å². The molecule has 0 radical (unpaired) electrons. The fourth-order valence-electron chi connectivity index (χ4n) is 4.20. The van der Waals surface area contributed by atoms with Crippen LogP contribution in [0, 0.1) is 13.8 Å². The smallest absolute Gasteiger partial charge is 0.341 e. The molecule has 0 spiro atoms. The lowest BCUT2D eigenvalue weighted by atomic mass is 10.0. The molecule has 1 saturated heterocycles. The minimum Gasteiger partial charge on any atom is -0.465 e. The van der Waals surface area contributed by atoms with Gasteiger partial charge in [-0.1, -0.05) is 54.1 Å². The predicted octanol–water partition coefficient (Wildman–Crippen LogP) is 4.57. The number of thiophene rings is 1. The van der Waals surface area contributed by atoms with E-state index >= 15 is 0 Å². The summed E-state index contributed by atoms with van der Waals surface area (Å²) in [6.45, 7) is 8.92. The van der Waals surface area contributed by atoms with Gasteiger partial charge in [0, 0.05) is 43.7 Å². The number of hydrogen-bond acceptors (Lipinski definition) is 6. The van der Waals surface area contributed by atoms with Gasteiger partial charge in [0.25, 0.3) is 0 Å². The Morgan fingerprint density at radius 2 is 1.65 bits per heavy atom. The van der Waals surface area contributed by atoms with Crippen LogP contribution in [-0.4, -0.2) is 61.5 Å². The molecule has 0 unspecified atom stereocenters. The number of nitrogens with one attached hydrogen (secondary N) is 1. The second-order valence-electron chi connectivity index (χ2n) is 8.74. The summed E-state index contributed by atoms with van der Waals surface area (Å²) in [6.07, 6.45) is 0. The zero-order valence-corrected chi connectivity index (χ0v) is 20.8. The number of hydrogen-bond donors (Lipinski definition) is 1. The normalized spacial score (nSPS) is 14.7. The fourth-order valence-corrected chi connectivity index (χ4v) is 5.18. The number of nitrogens with zero attached hydrogens (tertiary/aromatic N) is 2. The summed E-state index contributed by atoms with van der Waals surface area (Å²) in [5.41, 5.74) is 5.92. The summed E-state index contributed by atoms with van der Waals surface area (Å²) in [4.78, 5) is 30.0. The van der Waals surface area contributed by atoms with Gasteiger partial charge in [-0.25, -0.2) is 4.79 Å². The summed E-state index contributed by atoms with van der Waals surface area (Å²) in [5.74, 6) is -0.563. The molecule has 6 nitrogen and oxygen atoms in total. The highest BCUT2D eigenvalue weighted by Crippen LogP contribution is 2.36. The standard InChI is InChI=1S/C27H31N3O3S/c1-19-8-10-21(11-9-19)23-18-34-26(25(23)27(32)33-3)28-24(31)17-30-14-12-29(13-15-30)16-22-7-5-4-6-20(22)2/h4-11,18H,12-17H2,1-3H3,(H,28,31). The van der Waals surface area contributed by atoms with Crippen molar-refractivity contribution in [3.8, 4) is 11.1 Å². The van der Waals surface area contributed by atoms with Gasteiger partial charge in [-0.05, 0) is 30.5 Å². The summed E-state index contributed by atoms with van der Waals surface area (Å²) in [5, 5.41) is 5.39. The summed E-state index contributed by atoms with van der Waals surface area (Å²) in [6, 6.07) is 16.4. The van der Waals surface area contributed by atoms with Crippen molar-refractivity contribution in [2.45, 2.75) is 20.4 Å². The van der Waals surface area contributed by atoms with Crippen LogP contribution >= 0.6 is 11.3 Å². The van der Waals surface area contributed by atoms with Crippen molar-refractivity contribution in [2.24, 2.45) is 0 Å². The average Bonchev–Trinajstić information content (AvgIpc) is 3.25. The molecular weight excluding hydrogens is 446 g/mol. The number of rotatable bonds is 7. The van der Waals surface area contributed by atoms with Gasteiger partial charge in [0.1, 0.15) is 10.6 Å². The largest absolute Gasteiger partial charge is 0.465 e.